The summed E-state index contributed by atoms with van der Waals surface area (Å²) in [5, 5.41) is 11.5. The van der Waals surface area contributed by atoms with E-state index in [1.165, 1.54) is 0 Å². The Morgan fingerprint density at radius 3 is 1.58 bits per heavy atom. The Morgan fingerprint density at radius 1 is 0.722 bits per heavy atom. The Hall–Kier alpha value is -3.25. The van der Waals surface area contributed by atoms with Gasteiger partial charge < -0.3 is 5.11 Å². The first kappa shape index (κ1) is 24.4. The summed E-state index contributed by atoms with van der Waals surface area (Å²) < 4.78 is 26.4. The summed E-state index contributed by atoms with van der Waals surface area (Å²) >= 11 is 0. The van der Waals surface area contributed by atoms with Gasteiger partial charge in [0.15, 0.2) is 9.84 Å². The lowest BCUT2D eigenvalue weighted by Crippen LogP contribution is -2.54. The molecule has 1 aliphatic rings. The second kappa shape index (κ2) is 10.4. The highest BCUT2D eigenvalue weighted by molar-refractivity contribution is 7.91. The van der Waals surface area contributed by atoms with Crippen molar-refractivity contribution in [2.45, 2.75) is 35.4 Å². The number of benzene rings is 4. The highest BCUT2D eigenvalue weighted by Crippen LogP contribution is 2.46. The molecule has 0 aliphatic carbocycles. The van der Waals surface area contributed by atoms with Crippen LogP contribution in [0.1, 0.15) is 29.5 Å². The largest absolute Gasteiger partial charge is 0.390 e. The van der Waals surface area contributed by atoms with E-state index in [-0.39, 0.29) is 16.7 Å². The summed E-state index contributed by atoms with van der Waals surface area (Å²) in [4.78, 5) is 2.58. The summed E-state index contributed by atoms with van der Waals surface area (Å²) in [6.07, 6.45) is 0.564. The maximum absolute atomic E-state index is 13.2. The lowest BCUT2D eigenvalue weighted by molar-refractivity contribution is 0.0451. The maximum Gasteiger partial charge on any atom is 0.180 e. The van der Waals surface area contributed by atoms with Crippen LogP contribution in [0.2, 0.25) is 0 Å². The first-order chi connectivity index (χ1) is 17.5. The van der Waals surface area contributed by atoms with Crippen molar-refractivity contribution in [2.24, 2.45) is 0 Å². The predicted octanol–water partition coefficient (Wildman–Crippen LogP) is 5.28. The minimum atomic E-state index is -3.64. The van der Waals surface area contributed by atoms with Crippen molar-refractivity contribution in [3.05, 3.63) is 138 Å². The molecular weight excluding hydrogens is 466 g/mol. The first-order valence-electron chi connectivity index (χ1n) is 12.4. The molecule has 1 aliphatic heterocycles. The molecule has 0 radical (unpaired) electrons. The van der Waals surface area contributed by atoms with Gasteiger partial charge in [0.05, 0.1) is 22.3 Å². The predicted molar refractivity (Wildman–Crippen MR) is 143 cm³/mol. The molecule has 2 atom stereocenters. The minimum absolute atomic E-state index is 0.244. The van der Waals surface area contributed by atoms with Crippen LogP contribution in [0.15, 0.2) is 126 Å². The third-order valence-corrected chi connectivity index (χ3v) is 9.01. The van der Waals surface area contributed by atoms with Crippen LogP contribution in [0.4, 0.5) is 0 Å². The van der Waals surface area contributed by atoms with Crippen LogP contribution in [-0.4, -0.2) is 42.9 Å². The summed E-state index contributed by atoms with van der Waals surface area (Å²) in [5.41, 5.74) is 2.59. The monoisotopic (exact) mass is 497 g/mol. The average molecular weight is 498 g/mol. The van der Waals surface area contributed by atoms with Crippen LogP contribution in [-0.2, 0) is 15.4 Å². The van der Waals surface area contributed by atoms with Gasteiger partial charge in [-0.25, -0.2) is 8.42 Å². The fourth-order valence-electron chi connectivity index (χ4n) is 5.70. The van der Waals surface area contributed by atoms with E-state index in [1.54, 1.807) is 30.3 Å². The molecule has 5 rings (SSSR count). The van der Waals surface area contributed by atoms with Crippen LogP contribution < -0.4 is 0 Å². The Kier molecular flexibility index (Phi) is 7.06. The van der Waals surface area contributed by atoms with Gasteiger partial charge in [0.25, 0.3) is 0 Å². The third-order valence-electron chi connectivity index (χ3n) is 7.24. The zero-order valence-electron chi connectivity index (χ0n) is 20.1. The van der Waals surface area contributed by atoms with E-state index < -0.39 is 21.5 Å². The van der Waals surface area contributed by atoms with Gasteiger partial charge in [-0.1, -0.05) is 109 Å². The molecule has 0 aromatic heterocycles. The molecule has 0 spiro atoms. The summed E-state index contributed by atoms with van der Waals surface area (Å²) in [6, 6.07) is 39.1. The molecule has 2 unspecified atom stereocenters. The van der Waals surface area contributed by atoms with Crippen molar-refractivity contribution in [1.29, 1.82) is 0 Å². The molecule has 0 bridgehead atoms. The third kappa shape index (κ3) is 4.50. The minimum Gasteiger partial charge on any atom is -0.390 e. The van der Waals surface area contributed by atoms with Gasteiger partial charge in [0.2, 0.25) is 0 Å². The molecule has 0 saturated carbocycles. The van der Waals surface area contributed by atoms with Crippen molar-refractivity contribution in [1.82, 2.24) is 4.90 Å². The summed E-state index contributed by atoms with van der Waals surface area (Å²) in [7, 11) is -3.64. The number of nitrogens with zero attached hydrogens (tertiary/aromatic N) is 1. The second-order valence-corrected chi connectivity index (χ2v) is 11.4. The number of sulfone groups is 1. The van der Waals surface area contributed by atoms with Gasteiger partial charge in [-0.2, -0.15) is 0 Å². The van der Waals surface area contributed by atoms with Crippen LogP contribution in [0, 0.1) is 0 Å². The van der Waals surface area contributed by atoms with E-state index in [0.717, 1.165) is 36.1 Å². The van der Waals surface area contributed by atoms with Gasteiger partial charge in [-0.15, -0.1) is 0 Å². The Bertz CT molecular complexity index is 1260. The zero-order valence-corrected chi connectivity index (χ0v) is 21.0. The summed E-state index contributed by atoms with van der Waals surface area (Å²) in [6.45, 7) is 0.742. The fourth-order valence-corrected chi connectivity index (χ4v) is 7.14. The van der Waals surface area contributed by atoms with Crippen LogP contribution in [0.5, 0.6) is 0 Å². The first-order valence-corrected chi connectivity index (χ1v) is 14.1. The number of hydrogen-bond donors (Lipinski definition) is 1. The molecule has 36 heavy (non-hydrogen) atoms. The van der Waals surface area contributed by atoms with E-state index in [0.29, 0.717) is 0 Å². The van der Waals surface area contributed by atoms with E-state index in [4.69, 9.17) is 0 Å². The molecule has 4 aromatic rings. The van der Waals surface area contributed by atoms with Crippen LogP contribution in [0.25, 0.3) is 0 Å². The number of likely N-dealkylation sites (tertiary alicyclic amines) is 1. The summed E-state index contributed by atoms with van der Waals surface area (Å²) in [5.74, 6) is -0.313. The van der Waals surface area contributed by atoms with E-state index in [9.17, 15) is 13.5 Å². The molecule has 0 amide bonds. The Balaban J connectivity index is 1.64. The molecule has 184 valence electrons. The molecule has 4 nitrogen and oxygen atoms in total. The molecule has 1 N–H and O–H groups in total. The lowest BCUT2D eigenvalue weighted by Gasteiger charge is -2.47. The number of hydrogen-bond acceptors (Lipinski definition) is 4. The number of rotatable bonds is 8. The van der Waals surface area contributed by atoms with Gasteiger partial charge in [-0.05, 0) is 41.7 Å². The van der Waals surface area contributed by atoms with Crippen LogP contribution in [0.3, 0.4) is 0 Å². The lowest BCUT2D eigenvalue weighted by atomic mass is 9.75. The maximum atomic E-state index is 13.2. The van der Waals surface area contributed by atoms with Crippen LogP contribution >= 0.6 is 0 Å². The molecule has 4 aromatic carbocycles. The van der Waals surface area contributed by atoms with Crippen molar-refractivity contribution < 1.29 is 13.5 Å². The quantitative estimate of drug-likeness (QED) is 0.337. The molecule has 5 heteroatoms. The smallest absolute Gasteiger partial charge is 0.180 e. The van der Waals surface area contributed by atoms with Gasteiger partial charge >= 0.3 is 0 Å². The molecule has 1 saturated heterocycles. The number of aliphatic hydroxyl groups is 1. The molecule has 1 fully saturated rings. The van der Waals surface area contributed by atoms with Gasteiger partial charge in [0, 0.05) is 12.6 Å². The standard InChI is InChI=1S/C31H31NO3S/c33-30(24-36(34,35)28-20-11-4-12-21-28)29-22-13-23-32(29)31(25-14-5-1-6-15-25,26-16-7-2-8-17-26)27-18-9-3-10-19-27/h1-12,14-21,29-30,33H,13,22-24H2. The Morgan fingerprint density at radius 2 is 1.14 bits per heavy atom. The normalized spacial score (nSPS) is 17.6. The van der Waals surface area contributed by atoms with E-state index in [1.807, 2.05) is 54.6 Å². The zero-order chi connectivity index (χ0) is 25.0. The second-order valence-electron chi connectivity index (χ2n) is 9.37. The van der Waals surface area contributed by atoms with Crippen molar-refractivity contribution in [3.8, 4) is 0 Å². The SMILES string of the molecule is O=S(=O)(CC(O)C1CCCN1C(c1ccccc1)(c1ccccc1)c1ccccc1)c1ccccc1. The average Bonchev–Trinajstić information content (AvgIpc) is 3.42. The van der Waals surface area contributed by atoms with Crippen molar-refractivity contribution >= 4 is 9.84 Å². The Labute approximate surface area is 213 Å². The van der Waals surface area contributed by atoms with Crippen molar-refractivity contribution in [2.75, 3.05) is 12.3 Å². The number of aliphatic hydroxyl groups excluding tert-OH is 1. The molecule has 1 heterocycles. The van der Waals surface area contributed by atoms with Gasteiger partial charge in [0.1, 0.15) is 0 Å². The highest BCUT2D eigenvalue weighted by Gasteiger charge is 2.49. The topological polar surface area (TPSA) is 57.6 Å². The highest BCUT2D eigenvalue weighted by atomic mass is 32.2. The van der Waals surface area contributed by atoms with E-state index in [2.05, 4.69) is 41.3 Å². The fraction of sp³-hybridized carbons (Fsp3) is 0.226. The van der Waals surface area contributed by atoms with Gasteiger partial charge in [-0.3, -0.25) is 4.90 Å². The van der Waals surface area contributed by atoms with E-state index >= 15 is 0 Å². The molecular formula is C31H31NO3S. The van der Waals surface area contributed by atoms with Crippen molar-refractivity contribution in [3.63, 3.8) is 0 Å².